The Bertz CT molecular complexity index is 666. The molecule has 1 aromatic carbocycles. The van der Waals surface area contributed by atoms with Gasteiger partial charge in [-0.1, -0.05) is 13.0 Å². The number of fused-ring (bicyclic) bond motifs is 7. The molecule has 4 aliphatic rings. The number of aryl methyl sites for hydroxylation is 1. The fraction of sp³-hybridized carbons (Fsp3) is 0.714. The maximum atomic E-state index is 10.5. The number of benzene rings is 1. The van der Waals surface area contributed by atoms with Crippen LogP contribution < -0.4 is 0 Å². The van der Waals surface area contributed by atoms with Crippen molar-refractivity contribution in [1.29, 1.82) is 0 Å². The van der Waals surface area contributed by atoms with Gasteiger partial charge in [0.2, 0.25) is 0 Å². The molecule has 0 radical (unpaired) electrons. The molecule has 0 aliphatic heterocycles. The first kappa shape index (κ1) is 14.3. The Labute approximate surface area is 138 Å². The lowest BCUT2D eigenvalue weighted by molar-refractivity contribution is -0.0509. The lowest BCUT2D eigenvalue weighted by Gasteiger charge is -2.53. The van der Waals surface area contributed by atoms with Crippen LogP contribution in [0.25, 0.3) is 0 Å². The molecule has 0 bridgehead atoms. The van der Waals surface area contributed by atoms with E-state index in [9.17, 15) is 10.2 Å². The maximum Gasteiger partial charge on any atom is 0.115 e. The summed E-state index contributed by atoms with van der Waals surface area (Å²) in [6, 6.07) is 6.05. The SMILES string of the molecule is CC(O)[C@@]12C[C@@H]1C[C@H]1[C@@H]3CCc4cc(O)ccc4[C@H]3CC[C@@]12C. The summed E-state index contributed by atoms with van der Waals surface area (Å²) in [5, 5.41) is 20.3. The number of phenols is 1. The first-order valence-electron chi connectivity index (χ1n) is 9.47. The van der Waals surface area contributed by atoms with Crippen LogP contribution in [0.15, 0.2) is 18.2 Å². The summed E-state index contributed by atoms with van der Waals surface area (Å²) in [4.78, 5) is 0. The first-order valence-corrected chi connectivity index (χ1v) is 9.47. The molecule has 1 aromatic rings. The minimum atomic E-state index is -0.146. The minimum Gasteiger partial charge on any atom is -0.508 e. The van der Waals surface area contributed by atoms with Crippen molar-refractivity contribution >= 4 is 0 Å². The highest BCUT2D eigenvalue weighted by molar-refractivity contribution is 5.40. The molecule has 3 saturated carbocycles. The molecule has 1 unspecified atom stereocenters. The first-order chi connectivity index (χ1) is 11.0. The highest BCUT2D eigenvalue weighted by Crippen LogP contribution is 2.80. The van der Waals surface area contributed by atoms with Crippen molar-refractivity contribution in [2.24, 2.45) is 28.6 Å². The second-order valence-electron chi connectivity index (χ2n) is 9.11. The van der Waals surface area contributed by atoms with Crippen molar-refractivity contribution in [2.75, 3.05) is 0 Å². The highest BCUT2D eigenvalue weighted by Gasteiger charge is 2.75. The van der Waals surface area contributed by atoms with E-state index in [0.29, 0.717) is 17.1 Å². The lowest BCUT2D eigenvalue weighted by atomic mass is 9.51. The Morgan fingerprint density at radius 3 is 2.87 bits per heavy atom. The van der Waals surface area contributed by atoms with Crippen molar-refractivity contribution in [3.8, 4) is 5.75 Å². The molecule has 2 nitrogen and oxygen atoms in total. The smallest absolute Gasteiger partial charge is 0.115 e. The molecule has 2 heteroatoms. The zero-order valence-electron chi connectivity index (χ0n) is 14.3. The molecule has 0 saturated heterocycles. The molecule has 23 heavy (non-hydrogen) atoms. The van der Waals surface area contributed by atoms with E-state index in [-0.39, 0.29) is 11.5 Å². The van der Waals surface area contributed by atoms with E-state index in [1.807, 2.05) is 19.1 Å². The van der Waals surface area contributed by atoms with Crippen molar-refractivity contribution in [3.63, 3.8) is 0 Å². The molecule has 3 fully saturated rings. The average molecular weight is 312 g/mol. The summed E-state index contributed by atoms with van der Waals surface area (Å²) in [5.74, 6) is 3.45. The Hall–Kier alpha value is -1.02. The van der Waals surface area contributed by atoms with Crippen LogP contribution in [0.2, 0.25) is 0 Å². The molecular formula is C21H28O2. The Morgan fingerprint density at radius 2 is 2.09 bits per heavy atom. The van der Waals surface area contributed by atoms with Gasteiger partial charge in [0.25, 0.3) is 0 Å². The predicted molar refractivity (Wildman–Crippen MR) is 90.3 cm³/mol. The Morgan fingerprint density at radius 1 is 1.26 bits per heavy atom. The van der Waals surface area contributed by atoms with E-state index in [2.05, 4.69) is 13.0 Å². The predicted octanol–water partition coefficient (Wildman–Crippen LogP) is 4.25. The normalized spacial score (nSPS) is 48.0. The van der Waals surface area contributed by atoms with Crippen LogP contribution >= 0.6 is 0 Å². The summed E-state index contributed by atoms with van der Waals surface area (Å²) < 4.78 is 0. The molecule has 2 N–H and O–H groups in total. The van der Waals surface area contributed by atoms with Crippen LogP contribution in [0.4, 0.5) is 0 Å². The van der Waals surface area contributed by atoms with Gasteiger partial charge in [-0.15, -0.1) is 0 Å². The highest BCUT2D eigenvalue weighted by atomic mass is 16.3. The maximum absolute atomic E-state index is 10.5. The molecule has 7 atom stereocenters. The zero-order chi connectivity index (χ0) is 16.0. The van der Waals surface area contributed by atoms with E-state index in [4.69, 9.17) is 0 Å². The van der Waals surface area contributed by atoms with Gasteiger partial charge in [0, 0.05) is 5.41 Å². The topological polar surface area (TPSA) is 40.5 Å². The number of rotatable bonds is 1. The summed E-state index contributed by atoms with van der Waals surface area (Å²) in [6.45, 7) is 4.54. The molecule has 0 spiro atoms. The number of aromatic hydroxyl groups is 1. The van der Waals surface area contributed by atoms with Crippen LogP contribution in [0, 0.1) is 28.6 Å². The van der Waals surface area contributed by atoms with Crippen LogP contribution in [0.1, 0.15) is 63.0 Å². The van der Waals surface area contributed by atoms with Gasteiger partial charge >= 0.3 is 0 Å². The Balaban J connectivity index is 1.52. The van der Waals surface area contributed by atoms with Gasteiger partial charge in [0.1, 0.15) is 5.75 Å². The van der Waals surface area contributed by atoms with E-state index in [1.54, 1.807) is 0 Å². The van der Waals surface area contributed by atoms with Gasteiger partial charge in [-0.05, 0) is 97.8 Å². The van der Waals surface area contributed by atoms with E-state index in [1.165, 1.54) is 43.2 Å². The molecule has 0 amide bonds. The van der Waals surface area contributed by atoms with E-state index >= 15 is 0 Å². The molecule has 0 aromatic heterocycles. The van der Waals surface area contributed by atoms with Gasteiger partial charge in [-0.2, -0.15) is 0 Å². The van der Waals surface area contributed by atoms with Gasteiger partial charge in [-0.3, -0.25) is 0 Å². The van der Waals surface area contributed by atoms with Crippen molar-refractivity contribution in [2.45, 2.75) is 64.4 Å². The standard InChI is InChI=1S/C21H28O2/c1-12(22)21-11-14(21)10-19-18-5-3-13-9-15(23)4-6-16(13)17(18)7-8-20(19,21)2/h4,6,9,12,14,17-19,22-23H,3,5,7-8,10-11H2,1-2H3/t12?,14-,17+,18+,19-,20-,21-/m0/s1. The van der Waals surface area contributed by atoms with Crippen LogP contribution in [0.5, 0.6) is 5.75 Å². The van der Waals surface area contributed by atoms with Gasteiger partial charge in [0.15, 0.2) is 0 Å². The van der Waals surface area contributed by atoms with Gasteiger partial charge in [-0.25, -0.2) is 0 Å². The van der Waals surface area contributed by atoms with Crippen LogP contribution in [-0.2, 0) is 6.42 Å². The second-order valence-corrected chi connectivity index (χ2v) is 9.11. The third kappa shape index (κ3) is 1.59. The molecule has 124 valence electrons. The molecule has 5 rings (SSSR count). The van der Waals surface area contributed by atoms with Crippen LogP contribution in [0.3, 0.4) is 0 Å². The zero-order valence-corrected chi connectivity index (χ0v) is 14.3. The number of hydrogen-bond donors (Lipinski definition) is 2. The van der Waals surface area contributed by atoms with Gasteiger partial charge < -0.3 is 10.2 Å². The monoisotopic (exact) mass is 312 g/mol. The number of aliphatic hydroxyl groups excluding tert-OH is 1. The second kappa shape index (κ2) is 4.33. The molecule has 4 aliphatic carbocycles. The largest absolute Gasteiger partial charge is 0.508 e. The lowest BCUT2D eigenvalue weighted by Crippen LogP contribution is -2.47. The van der Waals surface area contributed by atoms with E-state index in [0.717, 1.165) is 24.2 Å². The summed E-state index contributed by atoms with van der Waals surface area (Å²) >= 11 is 0. The third-order valence-electron chi connectivity index (χ3n) is 8.60. The third-order valence-corrected chi connectivity index (χ3v) is 8.60. The number of phenolic OH excluding ortho intramolecular Hbond substituents is 1. The van der Waals surface area contributed by atoms with Crippen molar-refractivity contribution < 1.29 is 10.2 Å². The fourth-order valence-corrected chi connectivity index (χ4v) is 7.54. The quantitative estimate of drug-likeness (QED) is 0.814. The summed E-state index contributed by atoms with van der Waals surface area (Å²) in [7, 11) is 0. The Kier molecular flexibility index (Phi) is 2.70. The molecular weight excluding hydrogens is 284 g/mol. The van der Waals surface area contributed by atoms with Crippen molar-refractivity contribution in [3.05, 3.63) is 29.3 Å². The summed E-state index contributed by atoms with van der Waals surface area (Å²) in [6.07, 6.45) is 7.37. The van der Waals surface area contributed by atoms with E-state index < -0.39 is 0 Å². The summed E-state index contributed by atoms with van der Waals surface area (Å²) in [5.41, 5.74) is 3.47. The minimum absolute atomic E-state index is 0.146. The average Bonchev–Trinajstić information content (AvgIpc) is 3.20. The van der Waals surface area contributed by atoms with Crippen molar-refractivity contribution in [1.82, 2.24) is 0 Å². The van der Waals surface area contributed by atoms with Gasteiger partial charge in [0.05, 0.1) is 6.10 Å². The number of aliphatic hydroxyl groups is 1. The fourth-order valence-electron chi connectivity index (χ4n) is 7.54. The molecule has 0 heterocycles. The van der Waals surface area contributed by atoms with Crippen LogP contribution in [-0.4, -0.2) is 16.3 Å². The number of hydrogen-bond acceptors (Lipinski definition) is 2.